The van der Waals surface area contributed by atoms with Crippen LogP contribution in [0.4, 0.5) is 0 Å². The summed E-state index contributed by atoms with van der Waals surface area (Å²) in [5.41, 5.74) is 1.78. The van der Waals surface area contributed by atoms with Crippen molar-refractivity contribution in [1.82, 2.24) is 14.9 Å². The molecule has 94 valence electrons. The van der Waals surface area contributed by atoms with E-state index in [1.54, 1.807) is 0 Å². The molecule has 0 bridgehead atoms. The van der Waals surface area contributed by atoms with Gasteiger partial charge in [0.05, 0.1) is 11.0 Å². The van der Waals surface area contributed by atoms with Crippen LogP contribution in [0.1, 0.15) is 30.4 Å². The first-order valence-corrected chi connectivity index (χ1v) is 6.48. The van der Waals surface area contributed by atoms with Gasteiger partial charge >= 0.3 is 0 Å². The normalized spacial score (nSPS) is 17.3. The minimum atomic E-state index is 0.0260. The molecule has 2 aromatic rings. The monoisotopic (exact) mass is 243 g/mol. The van der Waals surface area contributed by atoms with E-state index in [0.717, 1.165) is 42.9 Å². The SMILES string of the molecule is CC1CCN(C(=O)c2nc3ccccc3[nH]2)CC1. The van der Waals surface area contributed by atoms with Crippen LogP contribution in [0, 0.1) is 5.92 Å². The smallest absolute Gasteiger partial charge is 0.289 e. The van der Waals surface area contributed by atoms with E-state index in [4.69, 9.17) is 0 Å². The number of piperidine rings is 1. The molecule has 1 fully saturated rings. The maximum Gasteiger partial charge on any atom is 0.289 e. The van der Waals surface area contributed by atoms with E-state index in [1.165, 1.54) is 0 Å². The van der Waals surface area contributed by atoms with Gasteiger partial charge in [-0.25, -0.2) is 4.98 Å². The summed E-state index contributed by atoms with van der Waals surface area (Å²) in [6.45, 7) is 3.93. The molecule has 1 N–H and O–H groups in total. The number of rotatable bonds is 1. The Labute approximate surface area is 106 Å². The quantitative estimate of drug-likeness (QED) is 0.836. The van der Waals surface area contributed by atoms with Crippen LogP contribution in [0.3, 0.4) is 0 Å². The third-order valence-corrected chi connectivity index (χ3v) is 3.66. The Balaban J connectivity index is 1.83. The van der Waals surface area contributed by atoms with Crippen LogP contribution in [-0.4, -0.2) is 33.9 Å². The summed E-state index contributed by atoms with van der Waals surface area (Å²) in [5.74, 6) is 1.22. The van der Waals surface area contributed by atoms with Crippen LogP contribution in [0.25, 0.3) is 11.0 Å². The number of carbonyl (C=O) groups excluding carboxylic acids is 1. The second-order valence-electron chi connectivity index (χ2n) is 5.08. The number of aromatic nitrogens is 2. The Kier molecular flexibility index (Phi) is 2.78. The molecule has 1 aromatic carbocycles. The summed E-state index contributed by atoms with van der Waals surface area (Å²) in [6, 6.07) is 7.73. The molecule has 1 aliphatic heterocycles. The molecule has 1 aromatic heterocycles. The number of amides is 1. The first kappa shape index (κ1) is 11.3. The van der Waals surface area contributed by atoms with Gasteiger partial charge in [0.15, 0.2) is 5.82 Å². The lowest BCUT2D eigenvalue weighted by atomic mass is 9.99. The van der Waals surface area contributed by atoms with E-state index < -0.39 is 0 Å². The number of carbonyl (C=O) groups is 1. The molecule has 0 atom stereocenters. The first-order chi connectivity index (χ1) is 8.74. The Bertz CT molecular complexity index is 534. The molecule has 1 saturated heterocycles. The summed E-state index contributed by atoms with van der Waals surface area (Å²) in [4.78, 5) is 21.7. The highest BCUT2D eigenvalue weighted by molar-refractivity contribution is 5.94. The third kappa shape index (κ3) is 1.98. The van der Waals surface area contributed by atoms with E-state index in [1.807, 2.05) is 29.2 Å². The molecule has 3 rings (SSSR count). The number of hydrogen-bond donors (Lipinski definition) is 1. The maximum atomic E-state index is 12.3. The van der Waals surface area contributed by atoms with Crippen LogP contribution in [0.5, 0.6) is 0 Å². The molecule has 4 heteroatoms. The average Bonchev–Trinajstić information content (AvgIpc) is 2.82. The number of H-pyrrole nitrogens is 1. The number of para-hydroxylation sites is 2. The highest BCUT2D eigenvalue weighted by Crippen LogP contribution is 2.18. The molecule has 1 aliphatic rings. The van der Waals surface area contributed by atoms with Crippen LogP contribution in [-0.2, 0) is 0 Å². The first-order valence-electron chi connectivity index (χ1n) is 6.48. The zero-order valence-electron chi connectivity index (χ0n) is 10.5. The number of nitrogens with one attached hydrogen (secondary N) is 1. The Morgan fingerprint density at radius 3 is 2.78 bits per heavy atom. The topological polar surface area (TPSA) is 49.0 Å². The van der Waals surface area contributed by atoms with Crippen molar-refractivity contribution in [2.45, 2.75) is 19.8 Å². The van der Waals surface area contributed by atoms with Gasteiger partial charge in [0, 0.05) is 13.1 Å². The van der Waals surface area contributed by atoms with Gasteiger partial charge in [0.25, 0.3) is 5.91 Å². The second-order valence-corrected chi connectivity index (χ2v) is 5.08. The van der Waals surface area contributed by atoms with Gasteiger partial charge in [-0.15, -0.1) is 0 Å². The van der Waals surface area contributed by atoms with Crippen molar-refractivity contribution in [3.63, 3.8) is 0 Å². The molecule has 1 amide bonds. The third-order valence-electron chi connectivity index (χ3n) is 3.66. The average molecular weight is 243 g/mol. The van der Waals surface area contributed by atoms with Gasteiger partial charge in [-0.3, -0.25) is 4.79 Å². The minimum Gasteiger partial charge on any atom is -0.336 e. The highest BCUT2D eigenvalue weighted by atomic mass is 16.2. The fourth-order valence-corrected chi connectivity index (χ4v) is 2.42. The fraction of sp³-hybridized carbons (Fsp3) is 0.429. The van der Waals surface area contributed by atoms with Gasteiger partial charge in [0.1, 0.15) is 0 Å². The van der Waals surface area contributed by atoms with E-state index in [-0.39, 0.29) is 5.91 Å². The number of benzene rings is 1. The fourth-order valence-electron chi connectivity index (χ4n) is 2.42. The van der Waals surface area contributed by atoms with Crippen molar-refractivity contribution < 1.29 is 4.79 Å². The zero-order chi connectivity index (χ0) is 12.5. The predicted octanol–water partition coefficient (Wildman–Crippen LogP) is 2.44. The number of imidazole rings is 1. The molecule has 0 spiro atoms. The molecule has 2 heterocycles. The van der Waals surface area contributed by atoms with E-state index >= 15 is 0 Å². The molecule has 0 radical (unpaired) electrons. The van der Waals surface area contributed by atoms with Crippen molar-refractivity contribution >= 4 is 16.9 Å². The van der Waals surface area contributed by atoms with Crippen molar-refractivity contribution in [1.29, 1.82) is 0 Å². The molecule has 0 saturated carbocycles. The minimum absolute atomic E-state index is 0.0260. The summed E-state index contributed by atoms with van der Waals surface area (Å²) in [7, 11) is 0. The molecule has 0 unspecified atom stereocenters. The Hall–Kier alpha value is -1.84. The molecular weight excluding hydrogens is 226 g/mol. The van der Waals surface area contributed by atoms with E-state index in [0.29, 0.717) is 5.82 Å². The van der Waals surface area contributed by atoms with Gasteiger partial charge in [0.2, 0.25) is 0 Å². The Morgan fingerprint density at radius 1 is 1.33 bits per heavy atom. The highest BCUT2D eigenvalue weighted by Gasteiger charge is 2.23. The predicted molar refractivity (Wildman–Crippen MR) is 70.4 cm³/mol. The van der Waals surface area contributed by atoms with Crippen molar-refractivity contribution in [3.05, 3.63) is 30.1 Å². The largest absolute Gasteiger partial charge is 0.336 e. The van der Waals surface area contributed by atoms with Crippen LogP contribution in [0.2, 0.25) is 0 Å². The van der Waals surface area contributed by atoms with Crippen LogP contribution < -0.4 is 0 Å². The molecule has 4 nitrogen and oxygen atoms in total. The molecule has 18 heavy (non-hydrogen) atoms. The van der Waals surface area contributed by atoms with Gasteiger partial charge in [-0.1, -0.05) is 19.1 Å². The van der Waals surface area contributed by atoms with Gasteiger partial charge in [-0.05, 0) is 30.9 Å². The summed E-state index contributed by atoms with van der Waals surface area (Å²) in [6.07, 6.45) is 2.18. The summed E-state index contributed by atoms with van der Waals surface area (Å²) in [5, 5.41) is 0. The van der Waals surface area contributed by atoms with E-state index in [9.17, 15) is 4.79 Å². The zero-order valence-corrected chi connectivity index (χ0v) is 10.5. The number of nitrogens with zero attached hydrogens (tertiary/aromatic N) is 2. The van der Waals surface area contributed by atoms with E-state index in [2.05, 4.69) is 16.9 Å². The van der Waals surface area contributed by atoms with Crippen molar-refractivity contribution in [2.24, 2.45) is 5.92 Å². The molecule has 0 aliphatic carbocycles. The lowest BCUT2D eigenvalue weighted by molar-refractivity contribution is 0.0686. The number of likely N-dealkylation sites (tertiary alicyclic amines) is 1. The number of fused-ring (bicyclic) bond motifs is 1. The number of hydrogen-bond acceptors (Lipinski definition) is 2. The van der Waals surface area contributed by atoms with Gasteiger partial charge < -0.3 is 9.88 Å². The van der Waals surface area contributed by atoms with Crippen LogP contribution in [0.15, 0.2) is 24.3 Å². The van der Waals surface area contributed by atoms with Crippen molar-refractivity contribution in [3.8, 4) is 0 Å². The van der Waals surface area contributed by atoms with Crippen molar-refractivity contribution in [2.75, 3.05) is 13.1 Å². The standard InChI is InChI=1S/C14H17N3O/c1-10-6-8-17(9-7-10)14(18)13-15-11-4-2-3-5-12(11)16-13/h2-5,10H,6-9H2,1H3,(H,15,16). The lowest BCUT2D eigenvalue weighted by Gasteiger charge is -2.29. The maximum absolute atomic E-state index is 12.3. The summed E-state index contributed by atoms with van der Waals surface area (Å²) < 4.78 is 0. The number of aromatic amines is 1. The Morgan fingerprint density at radius 2 is 2.06 bits per heavy atom. The second kappa shape index (κ2) is 4.44. The van der Waals surface area contributed by atoms with Crippen LogP contribution >= 0.6 is 0 Å². The summed E-state index contributed by atoms with van der Waals surface area (Å²) >= 11 is 0. The molecular formula is C14H17N3O. The van der Waals surface area contributed by atoms with Gasteiger partial charge in [-0.2, -0.15) is 0 Å². The lowest BCUT2D eigenvalue weighted by Crippen LogP contribution is -2.38.